The fourth-order valence-electron chi connectivity index (χ4n) is 6.24. The molecular weight excluding hydrogens is 562 g/mol. The molecule has 1 aromatic carbocycles. The summed E-state index contributed by atoms with van der Waals surface area (Å²) in [5, 5.41) is 3.49. The van der Waals surface area contributed by atoms with Crippen molar-refractivity contribution >= 4 is 42.7 Å². The minimum absolute atomic E-state index is 0.0910. The van der Waals surface area contributed by atoms with Crippen molar-refractivity contribution in [3.8, 4) is 5.88 Å². The zero-order valence-electron chi connectivity index (χ0n) is 23.3. The summed E-state index contributed by atoms with van der Waals surface area (Å²) in [6.45, 7) is 2.99. The first-order valence-electron chi connectivity index (χ1n) is 14.4. The van der Waals surface area contributed by atoms with E-state index in [2.05, 4.69) is 24.9 Å². The van der Waals surface area contributed by atoms with Crippen LogP contribution in [0.5, 0.6) is 5.88 Å². The molecule has 0 radical (unpaired) electrons. The van der Waals surface area contributed by atoms with Crippen molar-refractivity contribution in [1.82, 2.24) is 19.6 Å². The fourth-order valence-corrected chi connectivity index (χ4v) is 8.29. The Morgan fingerprint density at radius 3 is 2.51 bits per heavy atom. The van der Waals surface area contributed by atoms with E-state index in [4.69, 9.17) is 9.47 Å². The van der Waals surface area contributed by atoms with Crippen LogP contribution in [0.25, 0.3) is 10.3 Å². The number of hydrogen-bond acceptors (Lipinski definition) is 9. The number of anilines is 1. The number of hydrogen-bond donors (Lipinski definition) is 2. The van der Waals surface area contributed by atoms with E-state index >= 15 is 0 Å². The molecule has 1 atom stereocenters. The summed E-state index contributed by atoms with van der Waals surface area (Å²) in [6.07, 6.45) is 7.30. The first kappa shape index (κ1) is 28.5. The van der Waals surface area contributed by atoms with Crippen molar-refractivity contribution in [1.29, 1.82) is 0 Å². The average Bonchev–Trinajstić information content (AvgIpc) is 3.63. The first-order valence-corrected chi connectivity index (χ1v) is 16.7. The smallest absolute Gasteiger partial charge is 0.240 e. The van der Waals surface area contributed by atoms with Crippen LogP contribution < -0.4 is 14.8 Å². The van der Waals surface area contributed by atoms with E-state index in [1.54, 1.807) is 37.4 Å². The van der Waals surface area contributed by atoms with Crippen molar-refractivity contribution in [3.05, 3.63) is 42.0 Å². The van der Waals surface area contributed by atoms with Crippen LogP contribution in [0, 0.1) is 5.92 Å². The maximum atomic E-state index is 13.6. The predicted molar refractivity (Wildman–Crippen MR) is 158 cm³/mol. The highest BCUT2D eigenvalue weighted by atomic mass is 32.2. The van der Waals surface area contributed by atoms with Gasteiger partial charge in [-0.1, -0.05) is 49.2 Å². The number of methoxy groups -OCH3 is 1. The monoisotopic (exact) mass is 599 g/mol. The van der Waals surface area contributed by atoms with Crippen LogP contribution in [0.1, 0.15) is 56.4 Å². The molecule has 1 aliphatic carbocycles. The maximum absolute atomic E-state index is 13.6. The highest BCUT2D eigenvalue weighted by Crippen LogP contribution is 2.36. The van der Waals surface area contributed by atoms with Gasteiger partial charge < -0.3 is 14.8 Å². The van der Waals surface area contributed by atoms with Crippen molar-refractivity contribution in [2.24, 2.45) is 5.92 Å². The predicted octanol–water partition coefficient (Wildman–Crippen LogP) is 4.14. The Labute approximate surface area is 244 Å². The molecule has 2 aliphatic heterocycles. The molecule has 2 N–H and O–H groups in total. The molecule has 3 aliphatic rings. The van der Waals surface area contributed by atoms with Crippen molar-refractivity contribution in [2.45, 2.75) is 67.8 Å². The lowest BCUT2D eigenvalue weighted by molar-refractivity contribution is -0.118. The summed E-state index contributed by atoms with van der Waals surface area (Å²) in [6, 6.07) is 10.8. The highest BCUT2D eigenvalue weighted by molar-refractivity contribution is 7.89. The van der Waals surface area contributed by atoms with Gasteiger partial charge in [0.15, 0.2) is 5.13 Å². The van der Waals surface area contributed by atoms with Gasteiger partial charge in [-0.05, 0) is 48.9 Å². The zero-order valence-corrected chi connectivity index (χ0v) is 24.9. The molecule has 41 heavy (non-hydrogen) atoms. The maximum Gasteiger partial charge on any atom is 0.240 e. The number of carbonyl (C=O) groups excluding carboxylic acids is 1. The van der Waals surface area contributed by atoms with E-state index in [1.807, 2.05) is 6.07 Å². The number of pyridine rings is 1. The van der Waals surface area contributed by atoms with Gasteiger partial charge in [0.2, 0.25) is 21.8 Å². The van der Waals surface area contributed by atoms with Gasteiger partial charge in [0.1, 0.15) is 10.3 Å². The Hall–Kier alpha value is -2.64. The molecule has 3 fully saturated rings. The van der Waals surface area contributed by atoms with Gasteiger partial charge in [-0.15, -0.1) is 0 Å². The van der Waals surface area contributed by atoms with Crippen LogP contribution in [0.15, 0.2) is 41.3 Å². The first-order chi connectivity index (χ1) is 19.9. The van der Waals surface area contributed by atoms with Gasteiger partial charge in [0.05, 0.1) is 17.9 Å². The Balaban J connectivity index is 1.13. The van der Waals surface area contributed by atoms with E-state index in [0.29, 0.717) is 33.3 Å². The number of aromatic nitrogens is 2. The topological polar surface area (TPSA) is 123 Å². The third-order valence-corrected chi connectivity index (χ3v) is 11.0. The standard InChI is InChI=1S/C29H37N5O5S2/c1-38-26-11-10-25-28(31-26)40-29(30-25)32-27(35)24(16-19-4-2-3-5-19)20-6-8-23(9-7-20)41(36,37)33-21-17-34(18-21)22-12-14-39-15-13-22/h6-11,19,21-22,24,33H,2-5,12-18H2,1H3,(H,30,32,35). The molecule has 2 aromatic heterocycles. The zero-order chi connectivity index (χ0) is 28.4. The Morgan fingerprint density at radius 1 is 1.07 bits per heavy atom. The number of nitrogens with zero attached hydrogens (tertiary/aromatic N) is 3. The second kappa shape index (κ2) is 12.3. The second-order valence-corrected chi connectivity index (χ2v) is 14.0. The largest absolute Gasteiger partial charge is 0.481 e. The van der Waals surface area contributed by atoms with E-state index in [9.17, 15) is 13.2 Å². The summed E-state index contributed by atoms with van der Waals surface area (Å²) in [4.78, 5) is 25.8. The van der Waals surface area contributed by atoms with Crippen molar-refractivity contribution < 1.29 is 22.7 Å². The Bertz CT molecular complexity index is 1460. The molecule has 0 spiro atoms. The van der Waals surface area contributed by atoms with E-state index in [1.165, 1.54) is 24.2 Å². The fraction of sp³-hybridized carbons (Fsp3) is 0.552. The number of likely N-dealkylation sites (tertiary alicyclic amines) is 1. The van der Waals surface area contributed by atoms with E-state index in [-0.39, 0.29) is 16.8 Å². The van der Waals surface area contributed by atoms with Gasteiger partial charge in [-0.25, -0.2) is 23.1 Å². The molecule has 1 saturated carbocycles. The summed E-state index contributed by atoms with van der Waals surface area (Å²) >= 11 is 1.31. The third kappa shape index (κ3) is 6.56. The molecule has 10 nitrogen and oxygen atoms in total. The summed E-state index contributed by atoms with van der Waals surface area (Å²) in [5.74, 6) is 0.419. The minimum Gasteiger partial charge on any atom is -0.481 e. The van der Waals surface area contributed by atoms with Gasteiger partial charge in [-0.3, -0.25) is 9.69 Å². The van der Waals surface area contributed by atoms with Crippen LogP contribution in [0.3, 0.4) is 0 Å². The van der Waals surface area contributed by atoms with Crippen LogP contribution in [-0.2, 0) is 19.6 Å². The van der Waals surface area contributed by atoms with Gasteiger partial charge in [-0.2, -0.15) is 0 Å². The van der Waals surface area contributed by atoms with E-state index < -0.39 is 15.9 Å². The average molecular weight is 600 g/mol. The van der Waals surface area contributed by atoms with E-state index in [0.717, 1.165) is 64.0 Å². The molecular formula is C29H37N5O5S2. The number of sulfonamides is 1. The molecule has 6 rings (SSSR count). The Morgan fingerprint density at radius 2 is 1.80 bits per heavy atom. The Kier molecular flexibility index (Phi) is 8.55. The number of carbonyl (C=O) groups is 1. The normalized spacial score (nSPS) is 20.2. The van der Waals surface area contributed by atoms with Crippen LogP contribution >= 0.6 is 11.3 Å². The number of thiazole rings is 1. The number of fused-ring (bicyclic) bond motifs is 1. The summed E-state index contributed by atoms with van der Waals surface area (Å²) in [5.41, 5.74) is 1.51. The second-order valence-electron chi connectivity index (χ2n) is 11.3. The van der Waals surface area contributed by atoms with Crippen molar-refractivity contribution in [2.75, 3.05) is 38.7 Å². The lowest BCUT2D eigenvalue weighted by atomic mass is 9.87. The molecule has 1 amide bonds. The third-order valence-electron chi connectivity index (χ3n) is 8.56. The minimum atomic E-state index is -3.66. The molecule has 3 aromatic rings. The number of benzene rings is 1. The number of amides is 1. The number of ether oxygens (including phenoxy) is 2. The van der Waals surface area contributed by atoms with Crippen LogP contribution in [-0.4, -0.2) is 74.7 Å². The van der Waals surface area contributed by atoms with Crippen LogP contribution in [0.4, 0.5) is 5.13 Å². The lowest BCUT2D eigenvalue weighted by Crippen LogP contribution is -2.62. The molecule has 4 heterocycles. The highest BCUT2D eigenvalue weighted by Gasteiger charge is 2.36. The molecule has 0 bridgehead atoms. The summed E-state index contributed by atoms with van der Waals surface area (Å²) < 4.78 is 39.8. The lowest BCUT2D eigenvalue weighted by Gasteiger charge is -2.45. The number of rotatable bonds is 10. The molecule has 220 valence electrons. The quantitative estimate of drug-likeness (QED) is 0.357. The van der Waals surface area contributed by atoms with Gasteiger partial charge in [0, 0.05) is 44.5 Å². The van der Waals surface area contributed by atoms with Gasteiger partial charge in [0.25, 0.3) is 0 Å². The molecule has 2 saturated heterocycles. The summed E-state index contributed by atoms with van der Waals surface area (Å²) in [7, 11) is -2.09. The number of nitrogens with one attached hydrogen (secondary N) is 2. The molecule has 1 unspecified atom stereocenters. The van der Waals surface area contributed by atoms with Gasteiger partial charge >= 0.3 is 0 Å². The SMILES string of the molecule is COc1ccc2nc(NC(=O)C(CC3CCCC3)c3ccc(S(=O)(=O)NC4CN(C5CCOCC5)C4)cc3)sc2n1. The van der Waals surface area contributed by atoms with Crippen molar-refractivity contribution in [3.63, 3.8) is 0 Å². The molecule has 12 heteroatoms. The van der Waals surface area contributed by atoms with Crippen LogP contribution in [0.2, 0.25) is 0 Å².